The predicted molar refractivity (Wildman–Crippen MR) is 110 cm³/mol. The van der Waals surface area contributed by atoms with Crippen LogP contribution in [-0.4, -0.2) is 32.9 Å². The summed E-state index contributed by atoms with van der Waals surface area (Å²) in [4.78, 5) is 24.0. The SMILES string of the molecule is CC(C)[C@@H](C)NC(=O)COC(=O)c1cccc(S(=O)(=O)NCc2ccccc2)c1. The molecule has 1 atom stereocenters. The highest BCUT2D eigenvalue weighted by Gasteiger charge is 2.18. The van der Waals surface area contributed by atoms with Crippen LogP contribution in [0.3, 0.4) is 0 Å². The molecule has 7 nitrogen and oxygen atoms in total. The Labute approximate surface area is 171 Å². The molecule has 0 aliphatic rings. The minimum atomic E-state index is -3.81. The van der Waals surface area contributed by atoms with E-state index < -0.39 is 28.5 Å². The molecule has 0 spiro atoms. The van der Waals surface area contributed by atoms with E-state index in [0.717, 1.165) is 5.56 Å². The van der Waals surface area contributed by atoms with Gasteiger partial charge in [-0.2, -0.15) is 0 Å². The van der Waals surface area contributed by atoms with Crippen molar-refractivity contribution >= 4 is 21.9 Å². The van der Waals surface area contributed by atoms with E-state index in [1.165, 1.54) is 24.3 Å². The molecule has 0 aliphatic heterocycles. The molecule has 2 N–H and O–H groups in total. The van der Waals surface area contributed by atoms with Crippen molar-refractivity contribution in [2.24, 2.45) is 5.92 Å². The molecule has 0 saturated carbocycles. The van der Waals surface area contributed by atoms with Crippen LogP contribution in [0.2, 0.25) is 0 Å². The lowest BCUT2D eigenvalue weighted by Gasteiger charge is -2.17. The fourth-order valence-electron chi connectivity index (χ4n) is 2.32. The molecule has 0 saturated heterocycles. The van der Waals surface area contributed by atoms with Gasteiger partial charge in [0.25, 0.3) is 5.91 Å². The molecule has 1 amide bonds. The van der Waals surface area contributed by atoms with E-state index in [1.807, 2.05) is 51.1 Å². The number of hydrogen-bond donors (Lipinski definition) is 2. The van der Waals surface area contributed by atoms with E-state index in [-0.39, 0.29) is 29.0 Å². The van der Waals surface area contributed by atoms with Gasteiger partial charge in [0.05, 0.1) is 10.5 Å². The van der Waals surface area contributed by atoms with Crippen molar-refractivity contribution in [3.63, 3.8) is 0 Å². The minimum Gasteiger partial charge on any atom is -0.452 e. The minimum absolute atomic E-state index is 0.0506. The smallest absolute Gasteiger partial charge is 0.338 e. The molecular weight excluding hydrogens is 392 g/mol. The number of esters is 1. The number of carbonyl (C=O) groups excluding carboxylic acids is 2. The van der Waals surface area contributed by atoms with E-state index in [2.05, 4.69) is 10.0 Å². The first kappa shape index (κ1) is 22.6. The van der Waals surface area contributed by atoms with Crippen LogP contribution in [0.25, 0.3) is 0 Å². The van der Waals surface area contributed by atoms with Crippen LogP contribution in [0.15, 0.2) is 59.5 Å². The zero-order valence-electron chi connectivity index (χ0n) is 16.7. The average molecular weight is 419 g/mol. The highest BCUT2D eigenvalue weighted by molar-refractivity contribution is 7.89. The van der Waals surface area contributed by atoms with Crippen molar-refractivity contribution in [2.75, 3.05) is 6.61 Å². The summed E-state index contributed by atoms with van der Waals surface area (Å²) in [6.07, 6.45) is 0. The second-order valence-corrected chi connectivity index (χ2v) is 8.78. The van der Waals surface area contributed by atoms with E-state index in [4.69, 9.17) is 4.74 Å². The molecule has 0 aromatic heterocycles. The van der Waals surface area contributed by atoms with Crippen LogP contribution in [0, 0.1) is 5.92 Å². The molecule has 0 unspecified atom stereocenters. The highest BCUT2D eigenvalue weighted by Crippen LogP contribution is 2.13. The summed E-state index contributed by atoms with van der Waals surface area (Å²) in [5, 5.41) is 2.73. The zero-order chi connectivity index (χ0) is 21.4. The lowest BCUT2D eigenvalue weighted by atomic mass is 10.1. The second kappa shape index (κ2) is 10.2. The monoisotopic (exact) mass is 418 g/mol. The molecule has 0 bridgehead atoms. The topological polar surface area (TPSA) is 102 Å². The first-order valence-corrected chi connectivity index (χ1v) is 10.8. The van der Waals surface area contributed by atoms with Gasteiger partial charge in [-0.05, 0) is 36.6 Å². The molecule has 29 heavy (non-hydrogen) atoms. The number of carbonyl (C=O) groups is 2. The van der Waals surface area contributed by atoms with E-state index in [9.17, 15) is 18.0 Å². The van der Waals surface area contributed by atoms with Crippen LogP contribution in [0.4, 0.5) is 0 Å². The Morgan fingerprint density at radius 2 is 1.69 bits per heavy atom. The van der Waals surface area contributed by atoms with Gasteiger partial charge in [-0.15, -0.1) is 0 Å². The lowest BCUT2D eigenvalue weighted by molar-refractivity contribution is -0.125. The molecular formula is C21H26N2O5S. The number of hydrogen-bond acceptors (Lipinski definition) is 5. The maximum Gasteiger partial charge on any atom is 0.338 e. The summed E-state index contributed by atoms with van der Waals surface area (Å²) in [5.41, 5.74) is 0.866. The Bertz CT molecular complexity index is 943. The van der Waals surface area contributed by atoms with Gasteiger partial charge in [-0.1, -0.05) is 50.2 Å². The molecule has 2 rings (SSSR count). The quantitative estimate of drug-likeness (QED) is 0.609. The Balaban J connectivity index is 1.98. The van der Waals surface area contributed by atoms with Crippen LogP contribution in [0.1, 0.15) is 36.7 Å². The van der Waals surface area contributed by atoms with Gasteiger partial charge in [-0.25, -0.2) is 17.9 Å². The summed E-state index contributed by atoms with van der Waals surface area (Å²) in [7, 11) is -3.81. The van der Waals surface area contributed by atoms with Crippen molar-refractivity contribution in [1.82, 2.24) is 10.0 Å². The van der Waals surface area contributed by atoms with Crippen LogP contribution >= 0.6 is 0 Å². The third-order valence-electron chi connectivity index (χ3n) is 4.41. The molecule has 0 fully saturated rings. The van der Waals surface area contributed by atoms with Crippen molar-refractivity contribution in [1.29, 1.82) is 0 Å². The summed E-state index contributed by atoms with van der Waals surface area (Å²) in [6, 6.07) is 14.6. The summed E-state index contributed by atoms with van der Waals surface area (Å²) in [6.45, 7) is 5.50. The number of nitrogens with one attached hydrogen (secondary N) is 2. The third-order valence-corrected chi connectivity index (χ3v) is 5.81. The van der Waals surface area contributed by atoms with Gasteiger partial charge >= 0.3 is 5.97 Å². The fraction of sp³-hybridized carbons (Fsp3) is 0.333. The Morgan fingerprint density at radius 3 is 2.34 bits per heavy atom. The van der Waals surface area contributed by atoms with E-state index >= 15 is 0 Å². The van der Waals surface area contributed by atoms with Crippen molar-refractivity contribution in [3.8, 4) is 0 Å². The predicted octanol–water partition coefficient (Wildman–Crippen LogP) is 2.48. The number of rotatable bonds is 9. The first-order valence-electron chi connectivity index (χ1n) is 9.29. The molecule has 0 heterocycles. The normalized spacial score (nSPS) is 12.4. The van der Waals surface area contributed by atoms with Crippen molar-refractivity contribution in [3.05, 3.63) is 65.7 Å². The maximum absolute atomic E-state index is 12.5. The van der Waals surface area contributed by atoms with Crippen LogP contribution < -0.4 is 10.0 Å². The van der Waals surface area contributed by atoms with Gasteiger partial charge in [0.1, 0.15) is 0 Å². The van der Waals surface area contributed by atoms with Gasteiger partial charge in [0.15, 0.2) is 6.61 Å². The number of amides is 1. The largest absolute Gasteiger partial charge is 0.452 e. The van der Waals surface area contributed by atoms with Gasteiger partial charge < -0.3 is 10.1 Å². The first-order chi connectivity index (χ1) is 13.7. The molecule has 2 aromatic rings. The number of benzene rings is 2. The molecule has 2 aromatic carbocycles. The Hall–Kier alpha value is -2.71. The molecule has 0 aliphatic carbocycles. The standard InChI is InChI=1S/C21H26N2O5S/c1-15(2)16(3)23-20(24)14-28-21(25)18-10-7-11-19(12-18)29(26,27)22-13-17-8-5-4-6-9-17/h4-12,15-16,22H,13-14H2,1-3H3,(H,23,24)/t16-/m1/s1. The van der Waals surface area contributed by atoms with Gasteiger partial charge in [0, 0.05) is 12.6 Å². The summed E-state index contributed by atoms with van der Waals surface area (Å²) < 4.78 is 32.5. The van der Waals surface area contributed by atoms with Crippen LogP contribution in [0.5, 0.6) is 0 Å². The van der Waals surface area contributed by atoms with Crippen molar-refractivity contribution < 1.29 is 22.7 Å². The Kier molecular flexibility index (Phi) is 7.92. The Morgan fingerprint density at radius 1 is 1.00 bits per heavy atom. The number of sulfonamides is 1. The third kappa shape index (κ3) is 6.99. The van der Waals surface area contributed by atoms with E-state index in [0.29, 0.717) is 0 Å². The molecule has 8 heteroatoms. The highest BCUT2D eigenvalue weighted by atomic mass is 32.2. The lowest BCUT2D eigenvalue weighted by Crippen LogP contribution is -2.38. The molecule has 156 valence electrons. The fourth-order valence-corrected chi connectivity index (χ4v) is 3.39. The second-order valence-electron chi connectivity index (χ2n) is 7.01. The summed E-state index contributed by atoms with van der Waals surface area (Å²) in [5.74, 6) is -0.926. The maximum atomic E-state index is 12.5. The zero-order valence-corrected chi connectivity index (χ0v) is 17.5. The van der Waals surface area contributed by atoms with Crippen molar-refractivity contribution in [2.45, 2.75) is 38.3 Å². The number of ether oxygens (including phenoxy) is 1. The van der Waals surface area contributed by atoms with Crippen LogP contribution in [-0.2, 0) is 26.1 Å². The summed E-state index contributed by atoms with van der Waals surface area (Å²) >= 11 is 0. The average Bonchev–Trinajstić information content (AvgIpc) is 2.71. The van der Waals surface area contributed by atoms with Gasteiger partial charge in [0.2, 0.25) is 10.0 Å². The van der Waals surface area contributed by atoms with E-state index in [1.54, 1.807) is 0 Å². The van der Waals surface area contributed by atoms with Gasteiger partial charge in [-0.3, -0.25) is 4.79 Å². The molecule has 0 radical (unpaired) electrons.